The van der Waals surface area contributed by atoms with Crippen LogP contribution in [0.5, 0.6) is 0 Å². The summed E-state index contributed by atoms with van der Waals surface area (Å²) in [4.78, 5) is 11.9. The number of alkyl halides is 2. The Bertz CT molecular complexity index is 771. The second-order valence-electron chi connectivity index (χ2n) is 4.73. The zero-order chi connectivity index (χ0) is 17.9. The molecule has 0 radical (unpaired) electrons. The molecule has 0 aliphatic rings. The van der Waals surface area contributed by atoms with Crippen molar-refractivity contribution < 1.29 is 13.6 Å². The van der Waals surface area contributed by atoms with Gasteiger partial charge in [0, 0.05) is 6.54 Å². The number of aryl methyl sites for hydroxylation is 1. The lowest BCUT2D eigenvalue weighted by Crippen LogP contribution is -2.24. The van der Waals surface area contributed by atoms with Gasteiger partial charge in [-0.05, 0) is 45.7 Å². The summed E-state index contributed by atoms with van der Waals surface area (Å²) in [5, 5.41) is 11.7. The van der Waals surface area contributed by atoms with Crippen LogP contribution in [-0.4, -0.2) is 31.7 Å². The van der Waals surface area contributed by atoms with Gasteiger partial charge >= 0.3 is 0 Å². The van der Waals surface area contributed by atoms with Gasteiger partial charge in [-0.1, -0.05) is 0 Å². The van der Waals surface area contributed by atoms with Gasteiger partial charge in [-0.3, -0.25) is 14.2 Å². The second kappa shape index (κ2) is 7.97. The summed E-state index contributed by atoms with van der Waals surface area (Å²) in [7, 11) is 0. The first-order valence-electron chi connectivity index (χ1n) is 6.89. The van der Waals surface area contributed by atoms with Crippen LogP contribution < -0.4 is 5.43 Å². The van der Waals surface area contributed by atoms with Crippen molar-refractivity contribution in [3.63, 3.8) is 0 Å². The smallest absolute Gasteiger partial charge is 0.271 e. The van der Waals surface area contributed by atoms with E-state index in [1.165, 1.54) is 10.9 Å². The van der Waals surface area contributed by atoms with E-state index in [2.05, 4.69) is 52.6 Å². The Morgan fingerprint density at radius 3 is 2.75 bits per heavy atom. The molecule has 130 valence electrons. The maximum absolute atomic E-state index is 12.8. The molecule has 7 nitrogen and oxygen atoms in total. The number of amides is 1. The van der Waals surface area contributed by atoms with Crippen molar-refractivity contribution in [1.29, 1.82) is 0 Å². The Morgan fingerprint density at radius 1 is 1.46 bits per heavy atom. The van der Waals surface area contributed by atoms with Crippen molar-refractivity contribution in [1.82, 2.24) is 25.0 Å². The molecule has 0 spiro atoms. The summed E-state index contributed by atoms with van der Waals surface area (Å²) < 4.78 is 29.4. The van der Waals surface area contributed by atoms with Crippen molar-refractivity contribution in [2.24, 2.45) is 5.10 Å². The lowest BCUT2D eigenvalue weighted by atomic mass is 10.4. The number of rotatable bonds is 6. The normalized spacial score (nSPS) is 11.6. The molecule has 0 aliphatic heterocycles. The van der Waals surface area contributed by atoms with E-state index < -0.39 is 12.3 Å². The number of carbonyl (C=O) groups excluding carboxylic acids is 1. The fraction of sp³-hybridized carbons (Fsp3) is 0.385. The predicted molar refractivity (Wildman–Crippen MR) is 91.0 cm³/mol. The quantitative estimate of drug-likeness (QED) is 0.524. The third kappa shape index (κ3) is 4.07. The van der Waals surface area contributed by atoms with E-state index in [-0.39, 0.29) is 16.7 Å². The van der Waals surface area contributed by atoms with E-state index in [9.17, 15) is 13.6 Å². The van der Waals surface area contributed by atoms with Gasteiger partial charge < -0.3 is 0 Å². The fourth-order valence-electron chi connectivity index (χ4n) is 1.93. The summed E-state index contributed by atoms with van der Waals surface area (Å²) in [5.41, 5.74) is 3.09. The zero-order valence-corrected chi connectivity index (χ0v) is 16.0. The minimum atomic E-state index is -2.72. The van der Waals surface area contributed by atoms with Crippen LogP contribution >= 0.6 is 31.9 Å². The van der Waals surface area contributed by atoms with Crippen LogP contribution in [0, 0.1) is 6.92 Å². The molecule has 1 N–H and O–H groups in total. The van der Waals surface area contributed by atoms with Gasteiger partial charge in [0.2, 0.25) is 0 Å². The minimum absolute atomic E-state index is 0.199. The summed E-state index contributed by atoms with van der Waals surface area (Å²) >= 11 is 6.39. The molecule has 24 heavy (non-hydrogen) atoms. The highest BCUT2D eigenvalue weighted by atomic mass is 79.9. The number of carbonyl (C=O) groups is 1. The van der Waals surface area contributed by atoms with Crippen LogP contribution in [0.4, 0.5) is 8.78 Å². The summed E-state index contributed by atoms with van der Waals surface area (Å²) in [5.74, 6) is -0.483. The van der Waals surface area contributed by atoms with Gasteiger partial charge in [0.05, 0.1) is 32.7 Å². The average molecular weight is 468 g/mol. The number of hydrazone groups is 1. The van der Waals surface area contributed by atoms with Gasteiger partial charge in [-0.25, -0.2) is 14.2 Å². The Labute approximate surface area is 153 Å². The molecule has 1 amide bonds. The van der Waals surface area contributed by atoms with E-state index in [0.717, 1.165) is 4.47 Å². The van der Waals surface area contributed by atoms with Crippen molar-refractivity contribution in [3.05, 3.63) is 32.2 Å². The SMILES string of the molecule is CCn1ncc(Br)c1C=NNC(=O)Cn1nc(C(F)F)c(Br)c1C. The van der Waals surface area contributed by atoms with Crippen molar-refractivity contribution >= 4 is 44.0 Å². The molecule has 0 saturated carbocycles. The first kappa shape index (κ1) is 18.7. The van der Waals surface area contributed by atoms with Crippen LogP contribution in [0.1, 0.15) is 30.4 Å². The average Bonchev–Trinajstić information content (AvgIpc) is 3.02. The van der Waals surface area contributed by atoms with Gasteiger partial charge in [-0.2, -0.15) is 15.3 Å². The molecule has 0 bridgehead atoms. The predicted octanol–water partition coefficient (Wildman–Crippen LogP) is 3.02. The molecular weight excluding hydrogens is 454 g/mol. The first-order valence-corrected chi connectivity index (χ1v) is 8.47. The molecule has 0 saturated heterocycles. The van der Waals surface area contributed by atoms with E-state index in [1.54, 1.807) is 17.8 Å². The van der Waals surface area contributed by atoms with Crippen LogP contribution in [0.25, 0.3) is 0 Å². The largest absolute Gasteiger partial charge is 0.283 e. The highest BCUT2D eigenvalue weighted by Gasteiger charge is 2.21. The molecule has 0 unspecified atom stereocenters. The van der Waals surface area contributed by atoms with Gasteiger partial charge in [0.25, 0.3) is 12.3 Å². The Morgan fingerprint density at radius 2 is 2.17 bits per heavy atom. The van der Waals surface area contributed by atoms with E-state index in [1.807, 2.05) is 6.92 Å². The number of aromatic nitrogens is 4. The maximum atomic E-state index is 12.8. The third-order valence-corrected chi connectivity index (χ3v) is 4.76. The highest BCUT2D eigenvalue weighted by molar-refractivity contribution is 9.10. The Kier molecular flexibility index (Phi) is 6.21. The van der Waals surface area contributed by atoms with Gasteiger partial charge in [-0.15, -0.1) is 0 Å². The van der Waals surface area contributed by atoms with Crippen LogP contribution in [0.15, 0.2) is 20.2 Å². The molecule has 2 aromatic heterocycles. The highest BCUT2D eigenvalue weighted by Crippen LogP contribution is 2.28. The molecule has 0 fully saturated rings. The zero-order valence-electron chi connectivity index (χ0n) is 12.8. The Hall–Kier alpha value is -1.62. The molecular formula is C13H14Br2F2N6O. The third-order valence-electron chi connectivity index (χ3n) is 3.17. The molecule has 2 heterocycles. The van der Waals surface area contributed by atoms with Crippen LogP contribution in [-0.2, 0) is 17.9 Å². The number of nitrogens with one attached hydrogen (secondary N) is 1. The lowest BCUT2D eigenvalue weighted by Gasteiger charge is -2.03. The van der Waals surface area contributed by atoms with E-state index >= 15 is 0 Å². The number of hydrogen-bond acceptors (Lipinski definition) is 4. The number of halogens is 4. The van der Waals surface area contributed by atoms with Gasteiger partial charge in [0.15, 0.2) is 0 Å². The monoisotopic (exact) mass is 466 g/mol. The molecule has 2 aromatic rings. The molecule has 0 atom stereocenters. The minimum Gasteiger partial charge on any atom is -0.271 e. The van der Waals surface area contributed by atoms with Crippen LogP contribution in [0.2, 0.25) is 0 Å². The lowest BCUT2D eigenvalue weighted by molar-refractivity contribution is -0.121. The Balaban J connectivity index is 2.03. The first-order chi connectivity index (χ1) is 11.3. The van der Waals surface area contributed by atoms with Crippen LogP contribution in [0.3, 0.4) is 0 Å². The standard InChI is InChI=1S/C13H14Br2F2N6O/c1-3-22-9(8(14)4-19-22)5-18-20-10(24)6-23-7(2)11(15)12(21-23)13(16)17/h4-5,13H,3,6H2,1-2H3,(H,20,24). The summed E-state index contributed by atoms with van der Waals surface area (Å²) in [6.07, 6.45) is 0.366. The number of hydrogen-bond donors (Lipinski definition) is 1. The molecule has 11 heteroatoms. The van der Waals surface area contributed by atoms with E-state index in [4.69, 9.17) is 0 Å². The topological polar surface area (TPSA) is 77.1 Å². The van der Waals surface area contributed by atoms with E-state index in [0.29, 0.717) is 17.9 Å². The fourth-order valence-corrected chi connectivity index (χ4v) is 2.79. The second-order valence-corrected chi connectivity index (χ2v) is 6.38. The summed E-state index contributed by atoms with van der Waals surface area (Å²) in [6.45, 7) is 3.95. The summed E-state index contributed by atoms with van der Waals surface area (Å²) in [6, 6.07) is 0. The van der Waals surface area contributed by atoms with Crippen molar-refractivity contribution in [2.75, 3.05) is 0 Å². The van der Waals surface area contributed by atoms with Crippen molar-refractivity contribution in [3.8, 4) is 0 Å². The maximum Gasteiger partial charge on any atom is 0.283 e. The molecule has 2 rings (SSSR count). The molecule has 0 aliphatic carbocycles. The number of nitrogens with zero attached hydrogens (tertiary/aromatic N) is 5. The van der Waals surface area contributed by atoms with Gasteiger partial charge in [0.1, 0.15) is 12.2 Å². The molecule has 0 aromatic carbocycles. The van der Waals surface area contributed by atoms with Crippen molar-refractivity contribution in [2.45, 2.75) is 33.4 Å².